The monoisotopic (exact) mass is 300 g/mol. The van der Waals surface area contributed by atoms with Crippen LogP contribution < -0.4 is 5.32 Å². The number of nitrogens with one attached hydrogen (secondary N) is 1. The first kappa shape index (κ1) is 14.7. The largest absolute Gasteiger partial charge is 0.309 e. The van der Waals surface area contributed by atoms with Crippen molar-refractivity contribution in [3.8, 4) is 0 Å². The third-order valence-corrected chi connectivity index (χ3v) is 5.61. The molecule has 1 aromatic carbocycles. The van der Waals surface area contributed by atoms with Crippen LogP contribution in [0.1, 0.15) is 59.8 Å². The average molecular weight is 300 g/mol. The highest BCUT2D eigenvalue weighted by atomic mass is 32.1. The van der Waals surface area contributed by atoms with Crippen LogP contribution in [0.25, 0.3) is 0 Å². The minimum atomic E-state index is 0.443. The molecule has 3 rings (SSSR count). The predicted octanol–water partition coefficient (Wildman–Crippen LogP) is 4.61. The highest BCUT2D eigenvalue weighted by molar-refractivity contribution is 7.09. The van der Waals surface area contributed by atoms with Crippen molar-refractivity contribution < 1.29 is 0 Å². The summed E-state index contributed by atoms with van der Waals surface area (Å²) < 4.78 is 0. The standard InChI is InChI=1S/C18H24N2S/c1-3-19-17(18-13(2)20-12-21-18)11-15-9-6-8-14-7-4-5-10-16(14)15/h4-5,7,10,12,15,17,19H,3,6,8-9,11H2,1-2H3. The molecule has 0 amide bonds. The Labute approximate surface area is 131 Å². The van der Waals surface area contributed by atoms with Crippen molar-refractivity contribution in [2.45, 2.75) is 51.5 Å². The third-order valence-electron chi connectivity index (χ3n) is 4.56. The molecule has 0 fully saturated rings. The first-order chi connectivity index (χ1) is 10.3. The summed E-state index contributed by atoms with van der Waals surface area (Å²) in [5, 5.41) is 3.67. The fourth-order valence-corrected chi connectivity index (χ4v) is 4.45. The van der Waals surface area contributed by atoms with Gasteiger partial charge in [0.1, 0.15) is 0 Å². The molecular weight excluding hydrogens is 276 g/mol. The zero-order valence-electron chi connectivity index (χ0n) is 12.9. The molecule has 1 aliphatic carbocycles. The van der Waals surface area contributed by atoms with E-state index in [1.165, 1.54) is 36.3 Å². The number of hydrogen-bond donors (Lipinski definition) is 1. The van der Waals surface area contributed by atoms with Gasteiger partial charge in [-0.3, -0.25) is 0 Å². The summed E-state index contributed by atoms with van der Waals surface area (Å²) in [7, 11) is 0. The third kappa shape index (κ3) is 3.19. The summed E-state index contributed by atoms with van der Waals surface area (Å²) in [6.45, 7) is 5.33. The van der Waals surface area contributed by atoms with Crippen molar-refractivity contribution in [2.24, 2.45) is 0 Å². The first-order valence-corrected chi connectivity index (χ1v) is 8.88. The number of fused-ring (bicyclic) bond motifs is 1. The lowest BCUT2D eigenvalue weighted by Crippen LogP contribution is -2.24. The number of benzene rings is 1. The van der Waals surface area contributed by atoms with E-state index in [4.69, 9.17) is 0 Å². The average Bonchev–Trinajstić information content (AvgIpc) is 2.93. The first-order valence-electron chi connectivity index (χ1n) is 8.00. The van der Waals surface area contributed by atoms with Crippen molar-refractivity contribution >= 4 is 11.3 Å². The summed E-state index contributed by atoms with van der Waals surface area (Å²) in [5.41, 5.74) is 6.30. The predicted molar refractivity (Wildman–Crippen MR) is 90.0 cm³/mol. The molecule has 1 aromatic heterocycles. The molecule has 112 valence electrons. The summed E-state index contributed by atoms with van der Waals surface area (Å²) in [4.78, 5) is 5.85. The van der Waals surface area contributed by atoms with Crippen LogP contribution in [0.3, 0.4) is 0 Å². The quantitative estimate of drug-likeness (QED) is 0.872. The van der Waals surface area contributed by atoms with Crippen LogP contribution in [0.4, 0.5) is 0 Å². The molecule has 1 aliphatic rings. The smallest absolute Gasteiger partial charge is 0.0798 e. The van der Waals surface area contributed by atoms with Gasteiger partial charge in [-0.2, -0.15) is 0 Å². The normalized spacial score (nSPS) is 19.2. The van der Waals surface area contributed by atoms with Crippen LogP contribution in [0.5, 0.6) is 0 Å². The van der Waals surface area contributed by atoms with Gasteiger partial charge in [-0.1, -0.05) is 31.2 Å². The fourth-order valence-electron chi connectivity index (χ4n) is 3.56. The molecule has 21 heavy (non-hydrogen) atoms. The van der Waals surface area contributed by atoms with Crippen LogP contribution in [-0.2, 0) is 6.42 Å². The summed E-state index contributed by atoms with van der Waals surface area (Å²) in [6, 6.07) is 9.45. The van der Waals surface area contributed by atoms with Crippen molar-refractivity contribution in [1.29, 1.82) is 0 Å². The number of hydrogen-bond acceptors (Lipinski definition) is 3. The molecule has 3 heteroatoms. The fraction of sp³-hybridized carbons (Fsp3) is 0.500. The van der Waals surface area contributed by atoms with Crippen molar-refractivity contribution in [3.63, 3.8) is 0 Å². The minimum Gasteiger partial charge on any atom is -0.309 e. The van der Waals surface area contributed by atoms with E-state index in [0.29, 0.717) is 12.0 Å². The summed E-state index contributed by atoms with van der Waals surface area (Å²) >= 11 is 1.79. The highest BCUT2D eigenvalue weighted by Gasteiger charge is 2.25. The molecule has 0 aliphatic heterocycles. The molecule has 1 N–H and O–H groups in total. The molecule has 1 heterocycles. The lowest BCUT2D eigenvalue weighted by Gasteiger charge is -2.29. The van der Waals surface area contributed by atoms with E-state index < -0.39 is 0 Å². The maximum absolute atomic E-state index is 4.44. The summed E-state index contributed by atoms with van der Waals surface area (Å²) in [5.74, 6) is 0.681. The van der Waals surface area contributed by atoms with E-state index in [1.807, 2.05) is 5.51 Å². The molecule has 0 saturated carbocycles. The van der Waals surface area contributed by atoms with Gasteiger partial charge in [0.05, 0.1) is 11.2 Å². The van der Waals surface area contributed by atoms with Gasteiger partial charge in [0, 0.05) is 10.9 Å². The molecule has 2 nitrogen and oxygen atoms in total. The van der Waals surface area contributed by atoms with E-state index in [0.717, 1.165) is 6.54 Å². The minimum absolute atomic E-state index is 0.443. The number of aryl methyl sites for hydroxylation is 2. The van der Waals surface area contributed by atoms with Gasteiger partial charge in [0.2, 0.25) is 0 Å². The van der Waals surface area contributed by atoms with E-state index in [9.17, 15) is 0 Å². The highest BCUT2D eigenvalue weighted by Crippen LogP contribution is 2.38. The van der Waals surface area contributed by atoms with Crippen molar-refractivity contribution in [1.82, 2.24) is 10.3 Å². The molecule has 0 radical (unpaired) electrons. The maximum Gasteiger partial charge on any atom is 0.0798 e. The van der Waals surface area contributed by atoms with E-state index >= 15 is 0 Å². The van der Waals surface area contributed by atoms with E-state index in [-0.39, 0.29) is 0 Å². The second-order valence-electron chi connectivity index (χ2n) is 5.94. The Hall–Kier alpha value is -1.19. The van der Waals surface area contributed by atoms with Gasteiger partial charge in [0.25, 0.3) is 0 Å². The van der Waals surface area contributed by atoms with E-state index in [1.54, 1.807) is 22.5 Å². The van der Waals surface area contributed by atoms with Crippen molar-refractivity contribution in [2.75, 3.05) is 6.54 Å². The van der Waals surface area contributed by atoms with Crippen LogP contribution in [-0.4, -0.2) is 11.5 Å². The van der Waals surface area contributed by atoms with Gasteiger partial charge in [-0.25, -0.2) is 4.98 Å². The Bertz CT molecular complexity index is 590. The van der Waals surface area contributed by atoms with E-state index in [2.05, 4.69) is 48.4 Å². The zero-order valence-corrected chi connectivity index (χ0v) is 13.7. The topological polar surface area (TPSA) is 24.9 Å². The maximum atomic E-state index is 4.44. The molecule has 0 saturated heterocycles. The molecule has 0 bridgehead atoms. The molecule has 2 aromatic rings. The molecular formula is C18H24N2S. The second-order valence-corrected chi connectivity index (χ2v) is 6.82. The molecule has 2 atom stereocenters. The Morgan fingerprint density at radius 2 is 2.24 bits per heavy atom. The lowest BCUT2D eigenvalue weighted by atomic mass is 9.79. The van der Waals surface area contributed by atoms with Crippen molar-refractivity contribution in [3.05, 3.63) is 51.5 Å². The summed E-state index contributed by atoms with van der Waals surface area (Å²) in [6.07, 6.45) is 5.07. The van der Waals surface area contributed by atoms with Gasteiger partial charge in [-0.05, 0) is 56.2 Å². The Morgan fingerprint density at radius 1 is 1.38 bits per heavy atom. The van der Waals surface area contributed by atoms with Gasteiger partial charge in [-0.15, -0.1) is 11.3 Å². The SMILES string of the molecule is CCNC(CC1CCCc2ccccc21)c1scnc1C. The van der Waals surface area contributed by atoms with Gasteiger partial charge >= 0.3 is 0 Å². The lowest BCUT2D eigenvalue weighted by molar-refractivity contribution is 0.429. The van der Waals surface area contributed by atoms with Gasteiger partial charge < -0.3 is 5.32 Å². The zero-order chi connectivity index (χ0) is 14.7. The second kappa shape index (κ2) is 6.71. The molecule has 0 spiro atoms. The van der Waals surface area contributed by atoms with Gasteiger partial charge in [0.15, 0.2) is 0 Å². The van der Waals surface area contributed by atoms with Crippen LogP contribution in [0.2, 0.25) is 0 Å². The Balaban J connectivity index is 1.83. The number of rotatable bonds is 5. The Kier molecular flexibility index (Phi) is 4.71. The number of aromatic nitrogens is 1. The van der Waals surface area contributed by atoms with Crippen LogP contribution in [0, 0.1) is 6.92 Å². The van der Waals surface area contributed by atoms with Crippen LogP contribution >= 0.6 is 11.3 Å². The number of thiazole rings is 1. The number of nitrogens with zero attached hydrogens (tertiary/aromatic N) is 1. The van der Waals surface area contributed by atoms with Crippen LogP contribution in [0.15, 0.2) is 29.8 Å². The Morgan fingerprint density at radius 3 is 3.00 bits per heavy atom. The molecule has 2 unspecified atom stereocenters.